The number of carbonyl (C=O) groups excluding carboxylic acids is 1. The summed E-state index contributed by atoms with van der Waals surface area (Å²) in [6, 6.07) is 7.21. The molecule has 0 spiro atoms. The Labute approximate surface area is 91.7 Å². The molecule has 0 aliphatic carbocycles. The Kier molecular flexibility index (Phi) is 2.64. The topological polar surface area (TPSA) is 53.4 Å². The number of para-hydroxylation sites is 2. The first kappa shape index (κ1) is 10.0. The van der Waals surface area contributed by atoms with Crippen LogP contribution in [-0.4, -0.2) is 23.9 Å². The van der Waals surface area contributed by atoms with Crippen molar-refractivity contribution >= 4 is 28.5 Å². The molecular formula is C10H10N2O2S. The lowest BCUT2D eigenvalue weighted by Gasteiger charge is -2.17. The molecule has 5 heteroatoms. The lowest BCUT2D eigenvalue weighted by Crippen LogP contribution is -2.28. The van der Waals surface area contributed by atoms with Crippen molar-refractivity contribution in [1.82, 2.24) is 0 Å². The van der Waals surface area contributed by atoms with Crippen molar-refractivity contribution in [3.8, 4) is 5.75 Å². The fraction of sp³-hybridized carbons (Fsp3) is 0.200. The molecule has 1 fully saturated rings. The summed E-state index contributed by atoms with van der Waals surface area (Å²) in [6.07, 6.45) is 0. The molecule has 1 aromatic rings. The number of methoxy groups -OCH3 is 1. The fourth-order valence-corrected chi connectivity index (χ4v) is 2.15. The Morgan fingerprint density at radius 1 is 1.47 bits per heavy atom. The normalized spacial score (nSPS) is 15.9. The molecule has 0 bridgehead atoms. The zero-order chi connectivity index (χ0) is 10.8. The molecule has 1 aromatic carbocycles. The van der Waals surface area contributed by atoms with Crippen LogP contribution in [0.4, 0.5) is 5.69 Å². The number of amides is 1. The first-order valence-electron chi connectivity index (χ1n) is 4.41. The minimum atomic E-state index is -0.0745. The highest BCUT2D eigenvalue weighted by atomic mass is 32.2. The van der Waals surface area contributed by atoms with Crippen molar-refractivity contribution in [2.24, 2.45) is 0 Å². The third-order valence-corrected chi connectivity index (χ3v) is 2.96. The molecule has 0 saturated carbocycles. The summed E-state index contributed by atoms with van der Waals surface area (Å²) in [5, 5.41) is 7.91. The van der Waals surface area contributed by atoms with Crippen molar-refractivity contribution < 1.29 is 9.53 Å². The van der Waals surface area contributed by atoms with Gasteiger partial charge >= 0.3 is 0 Å². The second-order valence-electron chi connectivity index (χ2n) is 2.99. The predicted octanol–water partition coefficient (Wildman–Crippen LogP) is 1.71. The molecular weight excluding hydrogens is 212 g/mol. The zero-order valence-corrected chi connectivity index (χ0v) is 9.00. The molecule has 1 aliphatic rings. The van der Waals surface area contributed by atoms with Crippen molar-refractivity contribution in [2.75, 3.05) is 17.8 Å². The highest BCUT2D eigenvalue weighted by Gasteiger charge is 2.30. The van der Waals surface area contributed by atoms with Crippen LogP contribution in [0.15, 0.2) is 24.3 Å². The van der Waals surface area contributed by atoms with Gasteiger partial charge in [0.05, 0.1) is 18.6 Å². The number of carbonyl (C=O) groups is 1. The molecule has 1 saturated heterocycles. The van der Waals surface area contributed by atoms with E-state index in [1.54, 1.807) is 19.2 Å². The Balaban J connectivity index is 2.44. The van der Waals surface area contributed by atoms with Crippen molar-refractivity contribution in [3.05, 3.63) is 24.3 Å². The molecule has 0 atom stereocenters. The number of rotatable bonds is 2. The summed E-state index contributed by atoms with van der Waals surface area (Å²) in [5.41, 5.74) is 0.639. The minimum absolute atomic E-state index is 0.0745. The second kappa shape index (κ2) is 3.94. The maximum atomic E-state index is 11.6. The number of nitrogens with one attached hydrogen (secondary N) is 1. The quantitative estimate of drug-likeness (QED) is 0.828. The maximum absolute atomic E-state index is 11.6. The molecule has 0 aromatic heterocycles. The molecule has 1 N–H and O–H groups in total. The van der Waals surface area contributed by atoms with Gasteiger partial charge in [0, 0.05) is 0 Å². The summed E-state index contributed by atoms with van der Waals surface area (Å²) in [7, 11) is 1.55. The number of hydrogen-bond donors (Lipinski definition) is 1. The Hall–Kier alpha value is -1.49. The van der Waals surface area contributed by atoms with Gasteiger partial charge in [0.1, 0.15) is 5.75 Å². The maximum Gasteiger partial charge on any atom is 0.243 e. The summed E-state index contributed by atoms with van der Waals surface area (Å²) in [6.45, 7) is 0. The molecule has 0 radical (unpaired) electrons. The molecule has 4 nitrogen and oxygen atoms in total. The third-order valence-electron chi connectivity index (χ3n) is 2.11. The first-order valence-corrected chi connectivity index (χ1v) is 5.40. The summed E-state index contributed by atoms with van der Waals surface area (Å²) in [4.78, 5) is 12.9. The van der Waals surface area contributed by atoms with Gasteiger partial charge in [-0.15, -0.1) is 0 Å². The average Bonchev–Trinajstić information content (AvgIpc) is 2.59. The molecule has 1 heterocycles. The second-order valence-corrected chi connectivity index (χ2v) is 3.96. The summed E-state index contributed by atoms with van der Waals surface area (Å²) >= 11 is 1.23. The number of benzene rings is 1. The molecule has 15 heavy (non-hydrogen) atoms. The van der Waals surface area contributed by atoms with E-state index in [0.29, 0.717) is 17.2 Å². The number of ether oxygens (including phenoxy) is 1. The molecule has 0 unspecified atom stereocenters. The lowest BCUT2D eigenvalue weighted by atomic mass is 10.2. The van der Waals surface area contributed by atoms with Crippen molar-refractivity contribution in [3.63, 3.8) is 0 Å². The van der Waals surface area contributed by atoms with Gasteiger partial charge in [-0.05, 0) is 12.1 Å². The number of hydrogen-bond acceptors (Lipinski definition) is 4. The van der Waals surface area contributed by atoms with Gasteiger partial charge in [0.25, 0.3) is 0 Å². The van der Waals surface area contributed by atoms with E-state index in [1.807, 2.05) is 12.1 Å². The highest BCUT2D eigenvalue weighted by molar-refractivity contribution is 8.15. The van der Waals surface area contributed by atoms with Gasteiger partial charge in [-0.1, -0.05) is 23.9 Å². The van der Waals surface area contributed by atoms with Crippen LogP contribution in [0.1, 0.15) is 0 Å². The summed E-state index contributed by atoms with van der Waals surface area (Å²) < 4.78 is 5.15. The van der Waals surface area contributed by atoms with Gasteiger partial charge < -0.3 is 4.74 Å². The first-order chi connectivity index (χ1) is 7.24. The van der Waals surface area contributed by atoms with E-state index in [1.165, 1.54) is 16.7 Å². The van der Waals surface area contributed by atoms with E-state index in [0.717, 1.165) is 0 Å². The van der Waals surface area contributed by atoms with E-state index in [4.69, 9.17) is 10.1 Å². The van der Waals surface area contributed by atoms with Gasteiger partial charge in [-0.3, -0.25) is 15.1 Å². The van der Waals surface area contributed by atoms with E-state index in [-0.39, 0.29) is 11.1 Å². The summed E-state index contributed by atoms with van der Waals surface area (Å²) in [5.74, 6) is 0.865. The number of anilines is 1. The SMILES string of the molecule is COc1ccccc1N1C(=N)SCC1=O. The number of amidine groups is 1. The predicted molar refractivity (Wildman–Crippen MR) is 60.7 cm³/mol. The largest absolute Gasteiger partial charge is 0.495 e. The van der Waals surface area contributed by atoms with Crippen LogP contribution in [0.2, 0.25) is 0 Å². The van der Waals surface area contributed by atoms with Crippen LogP contribution in [0.25, 0.3) is 0 Å². The smallest absolute Gasteiger partial charge is 0.243 e. The number of nitrogens with zero attached hydrogens (tertiary/aromatic N) is 1. The van der Waals surface area contributed by atoms with E-state index in [9.17, 15) is 4.79 Å². The fourth-order valence-electron chi connectivity index (χ4n) is 1.43. The molecule has 2 rings (SSSR count). The van der Waals surface area contributed by atoms with Gasteiger partial charge in [-0.2, -0.15) is 0 Å². The van der Waals surface area contributed by atoms with Gasteiger partial charge in [0.2, 0.25) is 5.91 Å². The van der Waals surface area contributed by atoms with Crippen LogP contribution in [0.5, 0.6) is 5.75 Å². The molecule has 1 aliphatic heterocycles. The van der Waals surface area contributed by atoms with Crippen LogP contribution >= 0.6 is 11.8 Å². The van der Waals surface area contributed by atoms with Crippen LogP contribution in [0, 0.1) is 5.41 Å². The molecule has 78 valence electrons. The van der Waals surface area contributed by atoms with Crippen LogP contribution < -0.4 is 9.64 Å². The third kappa shape index (κ3) is 1.70. The highest BCUT2D eigenvalue weighted by Crippen LogP contribution is 2.32. The zero-order valence-electron chi connectivity index (χ0n) is 8.19. The van der Waals surface area contributed by atoms with E-state index >= 15 is 0 Å². The van der Waals surface area contributed by atoms with Gasteiger partial charge in [0.15, 0.2) is 5.17 Å². The monoisotopic (exact) mass is 222 g/mol. The minimum Gasteiger partial charge on any atom is -0.495 e. The van der Waals surface area contributed by atoms with Crippen molar-refractivity contribution in [2.45, 2.75) is 0 Å². The Morgan fingerprint density at radius 3 is 2.80 bits per heavy atom. The van der Waals surface area contributed by atoms with Crippen molar-refractivity contribution in [1.29, 1.82) is 5.41 Å². The van der Waals surface area contributed by atoms with E-state index < -0.39 is 0 Å². The van der Waals surface area contributed by atoms with Crippen LogP contribution in [-0.2, 0) is 4.79 Å². The molecule has 1 amide bonds. The Morgan fingerprint density at radius 2 is 2.20 bits per heavy atom. The Bertz CT molecular complexity index is 404. The average molecular weight is 222 g/mol. The number of thioether (sulfide) groups is 1. The lowest BCUT2D eigenvalue weighted by molar-refractivity contribution is -0.115. The van der Waals surface area contributed by atoms with E-state index in [2.05, 4.69) is 0 Å². The van der Waals surface area contributed by atoms with Gasteiger partial charge in [-0.25, -0.2) is 0 Å². The van der Waals surface area contributed by atoms with Crippen LogP contribution in [0.3, 0.4) is 0 Å². The standard InChI is InChI=1S/C10H10N2O2S/c1-14-8-5-3-2-4-7(8)12-9(13)6-15-10(12)11/h2-5,11H,6H2,1H3.